The molecule has 1 aliphatic rings. The predicted octanol–water partition coefficient (Wildman–Crippen LogP) is 2.59. The van der Waals surface area contributed by atoms with Crippen molar-refractivity contribution in [2.45, 2.75) is 39.2 Å². The summed E-state index contributed by atoms with van der Waals surface area (Å²) in [6, 6.07) is 4.22. The fraction of sp³-hybridized carbons (Fsp3) is 0.333. The van der Waals surface area contributed by atoms with Crippen molar-refractivity contribution in [1.29, 1.82) is 0 Å². The Morgan fingerprint density at radius 1 is 1.36 bits per heavy atom. The zero-order valence-electron chi connectivity index (χ0n) is 15.1. The number of nitrogens with one attached hydrogen (secondary N) is 1. The third-order valence-electron chi connectivity index (χ3n) is 4.84. The van der Waals surface area contributed by atoms with Crippen LogP contribution in [-0.2, 0) is 24.2 Å². The predicted molar refractivity (Wildman–Crippen MR) is 105 cm³/mol. The maximum Gasteiger partial charge on any atom is 0.279 e. The van der Waals surface area contributed by atoms with Gasteiger partial charge in [0.25, 0.3) is 11.2 Å². The molecule has 144 valence electrons. The second-order valence-corrected chi connectivity index (χ2v) is 7.83. The van der Waals surface area contributed by atoms with E-state index in [1.807, 2.05) is 0 Å². The molecule has 1 amide bonds. The van der Waals surface area contributed by atoms with Crippen molar-refractivity contribution in [2.75, 3.05) is 5.32 Å². The summed E-state index contributed by atoms with van der Waals surface area (Å²) >= 11 is 1.50. The third kappa shape index (κ3) is 3.26. The van der Waals surface area contributed by atoms with Gasteiger partial charge in [0, 0.05) is 17.0 Å². The number of anilines is 1. The number of nitro groups is 1. The van der Waals surface area contributed by atoms with E-state index in [0.29, 0.717) is 21.5 Å². The zero-order valence-corrected chi connectivity index (χ0v) is 15.9. The van der Waals surface area contributed by atoms with Gasteiger partial charge in [0.2, 0.25) is 5.91 Å². The molecule has 10 heteroatoms. The Hall–Kier alpha value is -3.14. The fourth-order valence-corrected chi connectivity index (χ4v) is 4.59. The Kier molecular flexibility index (Phi) is 4.63. The first-order valence-corrected chi connectivity index (χ1v) is 9.68. The van der Waals surface area contributed by atoms with Gasteiger partial charge in [-0.3, -0.25) is 19.7 Å². The summed E-state index contributed by atoms with van der Waals surface area (Å²) in [5, 5.41) is 22.1. The van der Waals surface area contributed by atoms with Crippen LogP contribution in [0, 0.1) is 17.0 Å². The van der Waals surface area contributed by atoms with E-state index in [4.69, 9.17) is 0 Å². The Balaban J connectivity index is 1.61. The summed E-state index contributed by atoms with van der Waals surface area (Å²) in [4.78, 5) is 37.5. The SMILES string of the molecule is Cc1ccc([N+](=O)[O-])cc1NC(=O)Cn1nnc2sc3c(c2c1=O)CCCC3. The van der Waals surface area contributed by atoms with Crippen LogP contribution in [0.15, 0.2) is 23.0 Å². The molecular weight excluding hydrogens is 382 g/mol. The van der Waals surface area contributed by atoms with Crippen LogP contribution in [0.1, 0.15) is 28.8 Å². The molecule has 0 aliphatic heterocycles. The lowest BCUT2D eigenvalue weighted by molar-refractivity contribution is -0.384. The van der Waals surface area contributed by atoms with E-state index in [2.05, 4.69) is 15.6 Å². The summed E-state index contributed by atoms with van der Waals surface area (Å²) in [5.74, 6) is -0.497. The number of aryl methyl sites for hydroxylation is 3. The minimum atomic E-state index is -0.529. The van der Waals surface area contributed by atoms with Crippen molar-refractivity contribution in [3.8, 4) is 0 Å². The summed E-state index contributed by atoms with van der Waals surface area (Å²) in [6.07, 6.45) is 3.93. The van der Waals surface area contributed by atoms with Crippen molar-refractivity contribution < 1.29 is 9.72 Å². The highest BCUT2D eigenvalue weighted by atomic mass is 32.1. The van der Waals surface area contributed by atoms with Crippen molar-refractivity contribution in [2.24, 2.45) is 0 Å². The molecule has 9 nitrogen and oxygen atoms in total. The lowest BCUT2D eigenvalue weighted by Crippen LogP contribution is -2.30. The average molecular weight is 399 g/mol. The second kappa shape index (κ2) is 7.12. The molecule has 28 heavy (non-hydrogen) atoms. The molecule has 2 aromatic heterocycles. The maximum absolute atomic E-state index is 12.9. The Morgan fingerprint density at radius 2 is 2.14 bits per heavy atom. The molecule has 0 saturated heterocycles. The van der Waals surface area contributed by atoms with Gasteiger partial charge in [0.05, 0.1) is 16.0 Å². The van der Waals surface area contributed by atoms with Crippen LogP contribution in [0.2, 0.25) is 0 Å². The number of fused-ring (bicyclic) bond motifs is 3. The topological polar surface area (TPSA) is 120 Å². The van der Waals surface area contributed by atoms with E-state index >= 15 is 0 Å². The van der Waals surface area contributed by atoms with Crippen LogP contribution in [0.3, 0.4) is 0 Å². The molecular formula is C18H17N5O4S. The molecule has 0 radical (unpaired) electrons. The lowest BCUT2D eigenvalue weighted by Gasteiger charge is -2.10. The number of amides is 1. The first-order valence-electron chi connectivity index (χ1n) is 8.87. The highest BCUT2D eigenvalue weighted by Gasteiger charge is 2.21. The minimum Gasteiger partial charge on any atom is -0.324 e. The number of nitro benzene ring substituents is 1. The summed E-state index contributed by atoms with van der Waals surface area (Å²) in [6.45, 7) is 1.42. The van der Waals surface area contributed by atoms with Gasteiger partial charge < -0.3 is 5.32 Å². The molecule has 0 spiro atoms. The highest BCUT2D eigenvalue weighted by Crippen LogP contribution is 2.33. The van der Waals surface area contributed by atoms with Crippen LogP contribution in [0.4, 0.5) is 11.4 Å². The molecule has 2 heterocycles. The van der Waals surface area contributed by atoms with Crippen LogP contribution in [0.5, 0.6) is 0 Å². The largest absolute Gasteiger partial charge is 0.324 e. The number of hydrogen-bond donors (Lipinski definition) is 1. The van der Waals surface area contributed by atoms with Gasteiger partial charge in [-0.2, -0.15) is 0 Å². The van der Waals surface area contributed by atoms with Crippen molar-refractivity contribution in [3.63, 3.8) is 0 Å². The van der Waals surface area contributed by atoms with E-state index in [0.717, 1.165) is 35.9 Å². The molecule has 0 fully saturated rings. The van der Waals surface area contributed by atoms with E-state index in [9.17, 15) is 19.7 Å². The third-order valence-corrected chi connectivity index (χ3v) is 6.02. The van der Waals surface area contributed by atoms with E-state index in [-0.39, 0.29) is 17.8 Å². The molecule has 1 N–H and O–H groups in total. The van der Waals surface area contributed by atoms with Gasteiger partial charge in [-0.25, -0.2) is 4.68 Å². The molecule has 0 bridgehead atoms. The standard InChI is InChI=1S/C18H17N5O4S/c1-10-6-7-11(23(26)27)8-13(10)19-15(24)9-22-18(25)16-12-4-2-3-5-14(12)28-17(16)20-21-22/h6-8H,2-5,9H2,1H3,(H,19,24). The fourth-order valence-electron chi connectivity index (χ4n) is 3.39. The summed E-state index contributed by atoms with van der Waals surface area (Å²) < 4.78 is 1.05. The molecule has 1 aliphatic carbocycles. The van der Waals surface area contributed by atoms with Gasteiger partial charge in [-0.1, -0.05) is 11.3 Å². The number of hydrogen-bond acceptors (Lipinski definition) is 7. The maximum atomic E-state index is 12.9. The van der Waals surface area contributed by atoms with Crippen LogP contribution < -0.4 is 10.9 Å². The van der Waals surface area contributed by atoms with Crippen molar-refractivity contribution in [3.05, 3.63) is 54.7 Å². The van der Waals surface area contributed by atoms with Crippen molar-refractivity contribution in [1.82, 2.24) is 15.0 Å². The van der Waals surface area contributed by atoms with Crippen LogP contribution >= 0.6 is 11.3 Å². The first kappa shape index (κ1) is 18.2. The van der Waals surface area contributed by atoms with Gasteiger partial charge in [-0.15, -0.1) is 16.4 Å². The minimum absolute atomic E-state index is 0.121. The van der Waals surface area contributed by atoms with E-state index in [1.165, 1.54) is 28.3 Å². The smallest absolute Gasteiger partial charge is 0.279 e. The van der Waals surface area contributed by atoms with E-state index in [1.54, 1.807) is 13.0 Å². The Morgan fingerprint density at radius 3 is 2.93 bits per heavy atom. The quantitative estimate of drug-likeness (QED) is 0.532. The highest BCUT2D eigenvalue weighted by molar-refractivity contribution is 7.18. The number of carbonyl (C=O) groups excluding carboxylic acids is 1. The van der Waals surface area contributed by atoms with Crippen LogP contribution in [-0.4, -0.2) is 25.8 Å². The number of carbonyl (C=O) groups is 1. The van der Waals surface area contributed by atoms with Gasteiger partial charge in [0.15, 0.2) is 4.83 Å². The monoisotopic (exact) mass is 399 g/mol. The summed E-state index contributed by atoms with van der Waals surface area (Å²) in [5.41, 5.74) is 1.60. The van der Waals surface area contributed by atoms with Gasteiger partial charge in [0.1, 0.15) is 6.54 Å². The molecule has 4 rings (SSSR count). The first-order chi connectivity index (χ1) is 13.4. The molecule has 0 atom stereocenters. The molecule has 0 saturated carbocycles. The molecule has 0 unspecified atom stereocenters. The number of non-ortho nitro benzene ring substituents is 1. The van der Waals surface area contributed by atoms with Gasteiger partial charge >= 0.3 is 0 Å². The second-order valence-electron chi connectivity index (χ2n) is 6.75. The van der Waals surface area contributed by atoms with E-state index < -0.39 is 10.8 Å². The lowest BCUT2D eigenvalue weighted by atomic mass is 9.97. The number of benzene rings is 1. The molecule has 3 aromatic rings. The van der Waals surface area contributed by atoms with Crippen LogP contribution in [0.25, 0.3) is 10.2 Å². The van der Waals surface area contributed by atoms with Gasteiger partial charge in [-0.05, 0) is 43.7 Å². The summed E-state index contributed by atoms with van der Waals surface area (Å²) in [7, 11) is 0. The number of aromatic nitrogens is 3. The van der Waals surface area contributed by atoms with Crippen molar-refractivity contribution >= 4 is 38.8 Å². The zero-order chi connectivity index (χ0) is 19.8. The Labute approximate surface area is 163 Å². The average Bonchev–Trinajstić information content (AvgIpc) is 3.05. The normalized spacial score (nSPS) is 13.3. The number of nitrogens with zero attached hydrogens (tertiary/aromatic N) is 4. The Bertz CT molecular complexity index is 1170. The number of thiophene rings is 1. The number of rotatable bonds is 4. The molecule has 1 aromatic carbocycles.